The van der Waals surface area contributed by atoms with E-state index in [1.807, 2.05) is 12.1 Å². The molecule has 1 radical (unpaired) electrons. The number of hydrogen-bond donors (Lipinski definition) is 0. The largest absolute Gasteiger partial charge is 0.491 e. The first-order chi connectivity index (χ1) is 10.3. The van der Waals surface area contributed by atoms with Gasteiger partial charge in [0.15, 0.2) is 6.29 Å². The Kier molecular flexibility index (Phi) is 4.73. The van der Waals surface area contributed by atoms with Gasteiger partial charge in [0.25, 0.3) is 0 Å². The summed E-state index contributed by atoms with van der Waals surface area (Å²) >= 11 is 0. The summed E-state index contributed by atoms with van der Waals surface area (Å²) < 4.78 is 17.1. The predicted octanol–water partition coefficient (Wildman–Crippen LogP) is 3.76. The second kappa shape index (κ2) is 6.92. The van der Waals surface area contributed by atoms with Crippen LogP contribution in [0.2, 0.25) is 0 Å². The minimum atomic E-state index is -0.0706. The van der Waals surface area contributed by atoms with E-state index in [1.165, 1.54) is 11.1 Å². The Balaban J connectivity index is 1.59. The molecule has 3 heteroatoms. The molecule has 0 bridgehead atoms. The summed E-state index contributed by atoms with van der Waals surface area (Å²) in [4.78, 5) is 0. The van der Waals surface area contributed by atoms with E-state index >= 15 is 0 Å². The summed E-state index contributed by atoms with van der Waals surface area (Å²) in [6.07, 6.45) is 10.4. The van der Waals surface area contributed by atoms with Crippen LogP contribution in [0.1, 0.15) is 25.3 Å². The van der Waals surface area contributed by atoms with Crippen molar-refractivity contribution in [3.05, 3.63) is 54.5 Å². The van der Waals surface area contributed by atoms with Crippen molar-refractivity contribution in [2.45, 2.75) is 32.2 Å². The highest BCUT2D eigenvalue weighted by atomic mass is 16.7. The van der Waals surface area contributed by atoms with E-state index in [0.717, 1.165) is 18.6 Å². The standard InChI is InChI=1S/C18H21O3/c1-2-18-20-13-17(21-18)12-19-16-10-6-9-15(11-16)14-7-4-3-5-8-14/h3-4,6-11,17-18H,2,5,12-13H2,1H3. The fraction of sp³-hybridized carbons (Fsp3) is 0.389. The molecule has 0 amide bonds. The zero-order valence-corrected chi connectivity index (χ0v) is 12.3. The molecular weight excluding hydrogens is 264 g/mol. The van der Waals surface area contributed by atoms with Gasteiger partial charge in [-0.2, -0.15) is 0 Å². The molecule has 0 saturated carbocycles. The van der Waals surface area contributed by atoms with Gasteiger partial charge in [0.05, 0.1) is 6.61 Å². The molecule has 1 fully saturated rings. The van der Waals surface area contributed by atoms with Crippen LogP contribution in [0.15, 0.2) is 42.5 Å². The van der Waals surface area contributed by atoms with Crippen molar-refractivity contribution >= 4 is 5.57 Å². The third kappa shape index (κ3) is 3.74. The summed E-state index contributed by atoms with van der Waals surface area (Å²) in [5.41, 5.74) is 2.43. The summed E-state index contributed by atoms with van der Waals surface area (Å²) in [6, 6.07) is 8.19. The Morgan fingerprint density at radius 1 is 1.33 bits per heavy atom. The summed E-state index contributed by atoms with van der Waals surface area (Å²) in [5, 5.41) is 0. The Morgan fingerprint density at radius 3 is 3.05 bits per heavy atom. The highest BCUT2D eigenvalue weighted by molar-refractivity contribution is 5.76. The number of ether oxygens (including phenoxy) is 3. The lowest BCUT2D eigenvalue weighted by Crippen LogP contribution is -2.20. The quantitative estimate of drug-likeness (QED) is 0.824. The maximum atomic E-state index is 5.85. The molecule has 1 aliphatic heterocycles. The zero-order valence-electron chi connectivity index (χ0n) is 12.3. The monoisotopic (exact) mass is 285 g/mol. The third-order valence-corrected chi connectivity index (χ3v) is 3.63. The first kappa shape index (κ1) is 14.4. The first-order valence-corrected chi connectivity index (χ1v) is 7.55. The number of hydrogen-bond acceptors (Lipinski definition) is 3. The molecule has 21 heavy (non-hydrogen) atoms. The average Bonchev–Trinajstić information content (AvgIpc) is 3.02. The van der Waals surface area contributed by atoms with Crippen molar-refractivity contribution in [3.63, 3.8) is 0 Å². The molecule has 0 N–H and O–H groups in total. The third-order valence-electron chi connectivity index (χ3n) is 3.63. The van der Waals surface area contributed by atoms with E-state index in [-0.39, 0.29) is 12.4 Å². The SMILES string of the molecule is CCC1OCC(COc2cccc(C3=CC[CH]C=C3)c2)O1. The summed E-state index contributed by atoms with van der Waals surface area (Å²) in [5.74, 6) is 0.875. The van der Waals surface area contributed by atoms with Crippen LogP contribution in [-0.2, 0) is 9.47 Å². The van der Waals surface area contributed by atoms with Gasteiger partial charge in [-0.1, -0.05) is 37.3 Å². The average molecular weight is 285 g/mol. The molecule has 2 aliphatic rings. The number of allylic oxidation sites excluding steroid dienone is 4. The van der Waals surface area contributed by atoms with E-state index in [0.29, 0.717) is 13.2 Å². The molecule has 1 saturated heterocycles. The van der Waals surface area contributed by atoms with Gasteiger partial charge >= 0.3 is 0 Å². The van der Waals surface area contributed by atoms with Gasteiger partial charge in [0.1, 0.15) is 18.5 Å². The van der Waals surface area contributed by atoms with Crippen LogP contribution in [0, 0.1) is 6.42 Å². The molecule has 1 aliphatic carbocycles. The number of benzene rings is 1. The van der Waals surface area contributed by atoms with Gasteiger partial charge in [-0.05, 0) is 42.5 Å². The van der Waals surface area contributed by atoms with Gasteiger partial charge in [-0.25, -0.2) is 0 Å². The number of rotatable bonds is 5. The molecular formula is C18H21O3. The lowest BCUT2D eigenvalue weighted by Gasteiger charge is -2.13. The van der Waals surface area contributed by atoms with Gasteiger partial charge in [0, 0.05) is 0 Å². The molecule has 3 nitrogen and oxygen atoms in total. The first-order valence-electron chi connectivity index (χ1n) is 7.55. The van der Waals surface area contributed by atoms with Gasteiger partial charge in [-0.3, -0.25) is 0 Å². The molecule has 1 aromatic rings. The molecule has 0 spiro atoms. The maximum absolute atomic E-state index is 5.85. The van der Waals surface area contributed by atoms with Gasteiger partial charge < -0.3 is 14.2 Å². The Hall–Kier alpha value is -1.58. The van der Waals surface area contributed by atoms with Crippen LogP contribution in [0.25, 0.3) is 5.57 Å². The zero-order chi connectivity index (χ0) is 14.5. The smallest absolute Gasteiger partial charge is 0.158 e. The summed E-state index contributed by atoms with van der Waals surface area (Å²) in [6.45, 7) is 3.20. The van der Waals surface area contributed by atoms with Crippen molar-refractivity contribution in [2.75, 3.05) is 13.2 Å². The molecule has 3 rings (SSSR count). The highest BCUT2D eigenvalue weighted by Gasteiger charge is 2.24. The fourth-order valence-electron chi connectivity index (χ4n) is 2.49. The van der Waals surface area contributed by atoms with Crippen molar-refractivity contribution in [1.82, 2.24) is 0 Å². The van der Waals surface area contributed by atoms with Crippen LogP contribution >= 0.6 is 0 Å². The van der Waals surface area contributed by atoms with Crippen molar-refractivity contribution in [1.29, 1.82) is 0 Å². The normalized spacial score (nSPS) is 24.9. The lowest BCUT2D eigenvalue weighted by molar-refractivity contribution is -0.0642. The van der Waals surface area contributed by atoms with E-state index in [1.54, 1.807) is 0 Å². The molecule has 111 valence electrons. The van der Waals surface area contributed by atoms with Crippen LogP contribution in [0.5, 0.6) is 5.75 Å². The van der Waals surface area contributed by atoms with Gasteiger partial charge in [-0.15, -0.1) is 0 Å². The molecule has 2 atom stereocenters. The minimum absolute atomic E-state index is 0.0296. The minimum Gasteiger partial charge on any atom is -0.491 e. The van der Waals surface area contributed by atoms with Crippen molar-refractivity contribution < 1.29 is 14.2 Å². The Bertz CT molecular complexity index is 533. The van der Waals surface area contributed by atoms with Crippen LogP contribution < -0.4 is 4.74 Å². The second-order valence-corrected chi connectivity index (χ2v) is 5.26. The second-order valence-electron chi connectivity index (χ2n) is 5.26. The molecule has 0 aromatic heterocycles. The molecule has 2 unspecified atom stereocenters. The van der Waals surface area contributed by atoms with E-state index in [9.17, 15) is 0 Å². The predicted molar refractivity (Wildman–Crippen MR) is 82.9 cm³/mol. The van der Waals surface area contributed by atoms with E-state index in [4.69, 9.17) is 14.2 Å². The lowest BCUT2D eigenvalue weighted by atomic mass is 9.99. The summed E-state index contributed by atoms with van der Waals surface area (Å²) in [7, 11) is 0. The Morgan fingerprint density at radius 2 is 2.29 bits per heavy atom. The van der Waals surface area contributed by atoms with Crippen molar-refractivity contribution in [2.24, 2.45) is 0 Å². The molecule has 1 heterocycles. The van der Waals surface area contributed by atoms with Crippen LogP contribution in [0.4, 0.5) is 0 Å². The highest BCUT2D eigenvalue weighted by Crippen LogP contribution is 2.25. The van der Waals surface area contributed by atoms with Crippen LogP contribution in [0.3, 0.4) is 0 Å². The maximum Gasteiger partial charge on any atom is 0.158 e. The van der Waals surface area contributed by atoms with Crippen molar-refractivity contribution in [3.8, 4) is 5.75 Å². The Labute approximate surface area is 126 Å². The van der Waals surface area contributed by atoms with Gasteiger partial charge in [0.2, 0.25) is 0 Å². The van der Waals surface area contributed by atoms with E-state index < -0.39 is 0 Å². The van der Waals surface area contributed by atoms with Crippen LogP contribution in [-0.4, -0.2) is 25.6 Å². The fourth-order valence-corrected chi connectivity index (χ4v) is 2.49. The van der Waals surface area contributed by atoms with E-state index in [2.05, 4.69) is 43.7 Å². The molecule has 1 aromatic carbocycles. The topological polar surface area (TPSA) is 27.7 Å².